The van der Waals surface area contributed by atoms with Gasteiger partial charge < -0.3 is 5.32 Å². The van der Waals surface area contributed by atoms with Gasteiger partial charge in [0.05, 0.1) is 21.4 Å². The lowest BCUT2D eigenvalue weighted by Crippen LogP contribution is -2.16. The molecule has 0 bridgehead atoms. The molecule has 23 heavy (non-hydrogen) atoms. The van der Waals surface area contributed by atoms with Crippen LogP contribution in [0.4, 0.5) is 5.69 Å². The molecule has 0 spiro atoms. The summed E-state index contributed by atoms with van der Waals surface area (Å²) in [6.07, 6.45) is 0. The Morgan fingerprint density at radius 2 is 1.78 bits per heavy atom. The quantitative estimate of drug-likeness (QED) is 0.745. The number of halogens is 2. The van der Waals surface area contributed by atoms with Crippen LogP contribution in [0.2, 0.25) is 10.0 Å². The normalized spacial score (nSPS) is 10.6. The number of anilines is 1. The van der Waals surface area contributed by atoms with Crippen LogP contribution in [0.15, 0.2) is 54.6 Å². The molecule has 2 aromatic carbocycles. The average molecular weight is 346 g/mol. The lowest BCUT2D eigenvalue weighted by molar-refractivity contribution is 0.101. The Hall–Kier alpha value is -2.30. The van der Waals surface area contributed by atoms with Crippen molar-refractivity contribution in [2.24, 2.45) is 0 Å². The first kappa shape index (κ1) is 15.6. The topological polar surface area (TPSA) is 46.9 Å². The zero-order chi connectivity index (χ0) is 16.4. The number of amides is 1. The number of benzene rings is 2. The predicted molar refractivity (Wildman–Crippen MR) is 92.7 cm³/mol. The largest absolute Gasteiger partial charge is 0.321 e. The van der Waals surface area contributed by atoms with Crippen molar-refractivity contribution < 1.29 is 4.79 Å². The summed E-state index contributed by atoms with van der Waals surface area (Å²) in [4.78, 5) is 12.6. The molecule has 1 N–H and O–H groups in total. The van der Waals surface area contributed by atoms with E-state index in [0.29, 0.717) is 21.4 Å². The second kappa shape index (κ2) is 6.44. The minimum Gasteiger partial charge on any atom is -0.321 e. The van der Waals surface area contributed by atoms with Gasteiger partial charge in [-0.05, 0) is 43.3 Å². The summed E-state index contributed by atoms with van der Waals surface area (Å²) in [7, 11) is 0. The van der Waals surface area contributed by atoms with Gasteiger partial charge in [-0.3, -0.25) is 4.79 Å². The number of aromatic nitrogens is 2. The maximum atomic E-state index is 12.6. The van der Waals surface area contributed by atoms with Crippen molar-refractivity contribution >= 4 is 34.8 Å². The molecule has 0 saturated heterocycles. The van der Waals surface area contributed by atoms with E-state index < -0.39 is 0 Å². The zero-order valence-electron chi connectivity index (χ0n) is 12.3. The molecule has 0 aliphatic rings. The van der Waals surface area contributed by atoms with Crippen LogP contribution in [0.25, 0.3) is 5.69 Å². The van der Waals surface area contributed by atoms with Gasteiger partial charge in [-0.25, -0.2) is 4.68 Å². The first-order valence-electron chi connectivity index (χ1n) is 6.93. The number of nitrogens with zero attached hydrogens (tertiary/aromatic N) is 2. The fraction of sp³-hybridized carbons (Fsp3) is 0.0588. The molecule has 0 saturated carbocycles. The maximum Gasteiger partial charge on any atom is 0.274 e. The van der Waals surface area contributed by atoms with Gasteiger partial charge in [-0.1, -0.05) is 41.4 Å². The van der Waals surface area contributed by atoms with Crippen molar-refractivity contribution in [2.45, 2.75) is 6.92 Å². The number of aryl methyl sites for hydroxylation is 1. The van der Waals surface area contributed by atoms with E-state index >= 15 is 0 Å². The van der Waals surface area contributed by atoms with Crippen LogP contribution in [0.3, 0.4) is 0 Å². The van der Waals surface area contributed by atoms with Crippen molar-refractivity contribution in [2.75, 3.05) is 5.32 Å². The van der Waals surface area contributed by atoms with Crippen LogP contribution in [0.1, 0.15) is 16.2 Å². The van der Waals surface area contributed by atoms with Crippen molar-refractivity contribution in [3.63, 3.8) is 0 Å². The third-order valence-corrected chi connectivity index (χ3v) is 3.98. The third kappa shape index (κ3) is 3.38. The van der Waals surface area contributed by atoms with E-state index in [1.165, 1.54) is 0 Å². The van der Waals surface area contributed by atoms with Gasteiger partial charge >= 0.3 is 0 Å². The highest BCUT2D eigenvalue weighted by Crippen LogP contribution is 2.25. The second-order valence-electron chi connectivity index (χ2n) is 5.00. The SMILES string of the molecule is Cc1cc(C(=O)Nc2ccc(Cl)c(Cl)c2)n(-c2ccccc2)n1. The third-order valence-electron chi connectivity index (χ3n) is 3.24. The molecule has 0 atom stereocenters. The Bertz CT molecular complexity index is 860. The van der Waals surface area contributed by atoms with Crippen LogP contribution < -0.4 is 5.32 Å². The van der Waals surface area contributed by atoms with E-state index in [2.05, 4.69) is 10.4 Å². The highest BCUT2D eigenvalue weighted by molar-refractivity contribution is 6.42. The van der Waals surface area contributed by atoms with E-state index in [9.17, 15) is 4.79 Å². The molecule has 3 aromatic rings. The second-order valence-corrected chi connectivity index (χ2v) is 5.82. The Morgan fingerprint density at radius 3 is 2.48 bits per heavy atom. The number of hydrogen-bond donors (Lipinski definition) is 1. The molecule has 4 nitrogen and oxygen atoms in total. The molecule has 0 unspecified atom stereocenters. The molecule has 1 amide bonds. The van der Waals surface area contributed by atoms with Crippen molar-refractivity contribution in [1.29, 1.82) is 0 Å². The molecule has 3 rings (SSSR count). The van der Waals surface area contributed by atoms with Crippen LogP contribution in [0, 0.1) is 6.92 Å². The van der Waals surface area contributed by atoms with E-state index in [1.807, 2.05) is 37.3 Å². The summed E-state index contributed by atoms with van der Waals surface area (Å²) in [5.41, 5.74) is 2.59. The van der Waals surface area contributed by atoms with E-state index in [-0.39, 0.29) is 5.91 Å². The van der Waals surface area contributed by atoms with Gasteiger partial charge in [0.2, 0.25) is 0 Å². The van der Waals surface area contributed by atoms with E-state index in [0.717, 1.165) is 11.4 Å². The minimum absolute atomic E-state index is 0.271. The van der Waals surface area contributed by atoms with Gasteiger partial charge in [0.25, 0.3) is 5.91 Å². The molecular weight excluding hydrogens is 333 g/mol. The van der Waals surface area contributed by atoms with Crippen LogP contribution in [0.5, 0.6) is 0 Å². The number of rotatable bonds is 3. The lowest BCUT2D eigenvalue weighted by Gasteiger charge is -2.09. The first-order valence-corrected chi connectivity index (χ1v) is 7.68. The van der Waals surface area contributed by atoms with Gasteiger partial charge in [0.15, 0.2) is 0 Å². The van der Waals surface area contributed by atoms with Crippen molar-refractivity contribution in [3.05, 3.63) is 76.0 Å². The fourth-order valence-corrected chi connectivity index (χ4v) is 2.49. The standard InChI is InChI=1S/C17H13Cl2N3O/c1-11-9-16(22(21-11)13-5-3-2-4-6-13)17(23)20-12-7-8-14(18)15(19)10-12/h2-10H,1H3,(H,20,23). The monoisotopic (exact) mass is 345 g/mol. The lowest BCUT2D eigenvalue weighted by atomic mass is 10.2. The van der Waals surface area contributed by atoms with Gasteiger partial charge in [-0.2, -0.15) is 5.10 Å². The number of carbonyl (C=O) groups is 1. The molecular formula is C17H13Cl2N3O. The number of carbonyl (C=O) groups excluding carboxylic acids is 1. The summed E-state index contributed by atoms with van der Waals surface area (Å²) in [5, 5.41) is 8.02. The summed E-state index contributed by atoms with van der Waals surface area (Å²) in [5.74, 6) is -0.271. The smallest absolute Gasteiger partial charge is 0.274 e. The molecule has 0 fully saturated rings. The number of para-hydroxylation sites is 1. The molecule has 1 heterocycles. The Balaban J connectivity index is 1.92. The molecule has 0 aliphatic heterocycles. The highest BCUT2D eigenvalue weighted by Gasteiger charge is 2.15. The summed E-state index contributed by atoms with van der Waals surface area (Å²) < 4.78 is 1.61. The van der Waals surface area contributed by atoms with Crippen molar-refractivity contribution in [1.82, 2.24) is 9.78 Å². The summed E-state index contributed by atoms with van der Waals surface area (Å²) in [6.45, 7) is 1.84. The van der Waals surface area contributed by atoms with Crippen LogP contribution in [-0.4, -0.2) is 15.7 Å². The highest BCUT2D eigenvalue weighted by atomic mass is 35.5. The number of nitrogens with one attached hydrogen (secondary N) is 1. The van der Waals surface area contributed by atoms with Crippen LogP contribution >= 0.6 is 23.2 Å². The molecule has 116 valence electrons. The van der Waals surface area contributed by atoms with Crippen molar-refractivity contribution in [3.8, 4) is 5.69 Å². The maximum absolute atomic E-state index is 12.6. The molecule has 1 aromatic heterocycles. The molecule has 0 aliphatic carbocycles. The average Bonchev–Trinajstić information content (AvgIpc) is 2.94. The Kier molecular flexibility index (Phi) is 4.37. The molecule has 6 heteroatoms. The van der Waals surface area contributed by atoms with Gasteiger partial charge in [0.1, 0.15) is 5.69 Å². The summed E-state index contributed by atoms with van der Waals surface area (Å²) >= 11 is 11.9. The Labute approximate surface area is 143 Å². The van der Waals surface area contributed by atoms with Gasteiger partial charge in [0, 0.05) is 5.69 Å². The van der Waals surface area contributed by atoms with E-state index in [4.69, 9.17) is 23.2 Å². The van der Waals surface area contributed by atoms with Gasteiger partial charge in [-0.15, -0.1) is 0 Å². The molecule has 0 radical (unpaired) electrons. The predicted octanol–water partition coefficient (Wildman–Crippen LogP) is 4.74. The Morgan fingerprint density at radius 1 is 1.04 bits per heavy atom. The minimum atomic E-state index is -0.271. The summed E-state index contributed by atoms with van der Waals surface area (Å²) in [6, 6.07) is 16.2. The number of hydrogen-bond acceptors (Lipinski definition) is 2. The zero-order valence-corrected chi connectivity index (χ0v) is 13.8. The first-order chi connectivity index (χ1) is 11.0. The fourth-order valence-electron chi connectivity index (χ4n) is 2.20. The van der Waals surface area contributed by atoms with E-state index in [1.54, 1.807) is 28.9 Å². The van der Waals surface area contributed by atoms with Crippen LogP contribution in [-0.2, 0) is 0 Å².